The molecule has 5 nitrogen and oxygen atoms in total. The summed E-state index contributed by atoms with van der Waals surface area (Å²) < 4.78 is 108. The van der Waals surface area contributed by atoms with Gasteiger partial charge in [0.05, 0.1) is 22.5 Å². The van der Waals surface area contributed by atoms with Crippen molar-refractivity contribution in [3.63, 3.8) is 0 Å². The lowest BCUT2D eigenvalue weighted by atomic mass is 9.76. The molecule has 13 heteroatoms. The van der Waals surface area contributed by atoms with Crippen molar-refractivity contribution in [3.8, 4) is 0 Å². The molecule has 41 heavy (non-hydrogen) atoms. The van der Waals surface area contributed by atoms with E-state index < -0.39 is 71.1 Å². The number of benzene rings is 2. The van der Waals surface area contributed by atoms with Crippen molar-refractivity contribution in [3.05, 3.63) is 58.7 Å². The van der Waals surface area contributed by atoms with Crippen LogP contribution in [0.15, 0.2) is 36.4 Å². The molecule has 2 aliphatic heterocycles. The van der Waals surface area contributed by atoms with Gasteiger partial charge >= 0.3 is 12.4 Å². The maximum Gasteiger partial charge on any atom is 0.416 e. The molecule has 2 aromatic carbocycles. The Bertz CT molecular complexity index is 1280. The van der Waals surface area contributed by atoms with Crippen molar-refractivity contribution in [1.29, 1.82) is 0 Å². The van der Waals surface area contributed by atoms with Crippen LogP contribution in [0.3, 0.4) is 0 Å². The number of likely N-dealkylation sites (tertiary alicyclic amines) is 1. The predicted octanol–water partition coefficient (Wildman–Crippen LogP) is 6.68. The average molecular weight is 592 g/mol. The summed E-state index contributed by atoms with van der Waals surface area (Å²) in [6, 6.07) is 6.03. The van der Waals surface area contributed by atoms with Crippen molar-refractivity contribution >= 4 is 23.2 Å². The Morgan fingerprint density at radius 3 is 1.95 bits per heavy atom. The molecule has 1 N–H and O–H groups in total. The molecule has 0 saturated carbocycles. The number of nitrogens with one attached hydrogen (secondary N) is 1. The molecule has 0 bridgehead atoms. The van der Waals surface area contributed by atoms with Crippen LogP contribution in [0.1, 0.15) is 42.0 Å². The van der Waals surface area contributed by atoms with Gasteiger partial charge in [0.25, 0.3) is 5.92 Å². The fraction of sp³-hybridized carbons (Fsp3) is 0.500. The highest BCUT2D eigenvalue weighted by molar-refractivity contribution is 6.08. The Morgan fingerprint density at radius 2 is 1.46 bits per heavy atom. The summed E-state index contributed by atoms with van der Waals surface area (Å²) in [4.78, 5) is 30.5. The second-order valence-electron chi connectivity index (χ2n) is 10.9. The molecule has 2 saturated heterocycles. The van der Waals surface area contributed by atoms with E-state index in [0.29, 0.717) is 28.9 Å². The Kier molecular flexibility index (Phi) is 7.91. The lowest BCUT2D eigenvalue weighted by Crippen LogP contribution is -2.53. The lowest BCUT2D eigenvalue weighted by Gasteiger charge is -2.39. The van der Waals surface area contributed by atoms with Crippen molar-refractivity contribution in [1.82, 2.24) is 4.90 Å². The van der Waals surface area contributed by atoms with E-state index >= 15 is 0 Å². The topological polar surface area (TPSA) is 52.6 Å². The van der Waals surface area contributed by atoms with Crippen molar-refractivity contribution < 1.29 is 44.7 Å². The summed E-state index contributed by atoms with van der Waals surface area (Å²) in [6.07, 6.45) is -11.2. The summed E-state index contributed by atoms with van der Waals surface area (Å²) >= 11 is 0. The minimum atomic E-state index is -5.13. The number of anilines is 2. The molecule has 0 radical (unpaired) electrons. The van der Waals surface area contributed by atoms with Gasteiger partial charge in [-0.05, 0) is 43.2 Å². The van der Waals surface area contributed by atoms with E-state index in [1.54, 1.807) is 36.9 Å². The number of nitrogens with zero attached hydrogens (tertiary/aromatic N) is 2. The van der Waals surface area contributed by atoms with E-state index in [1.165, 1.54) is 11.8 Å². The average Bonchev–Trinajstić information content (AvgIpc) is 3.10. The zero-order chi connectivity index (χ0) is 30.5. The lowest BCUT2D eigenvalue weighted by molar-refractivity contribution is -0.143. The number of alkyl halides is 8. The van der Waals surface area contributed by atoms with Crippen LogP contribution in [0.2, 0.25) is 0 Å². The number of rotatable bonds is 5. The first kappa shape index (κ1) is 30.7. The number of piperidine rings is 1. The molecule has 0 unspecified atom stereocenters. The fourth-order valence-corrected chi connectivity index (χ4v) is 5.63. The second-order valence-corrected chi connectivity index (χ2v) is 10.9. The highest BCUT2D eigenvalue weighted by Crippen LogP contribution is 2.44. The van der Waals surface area contributed by atoms with Crippen molar-refractivity contribution in [2.45, 2.75) is 51.9 Å². The fourth-order valence-electron chi connectivity index (χ4n) is 5.63. The SMILES string of the molecule is Cc1cccc(C)c1N1C[C@@](CN2CCC(F)(F)CC2)(C(=O)Nc2cc(C(F)(F)F)cc(C(F)(F)F)c2)[C@H](C)C1=O. The molecule has 2 fully saturated rings. The van der Waals surface area contributed by atoms with Gasteiger partial charge in [0.2, 0.25) is 11.8 Å². The van der Waals surface area contributed by atoms with Gasteiger partial charge in [-0.15, -0.1) is 0 Å². The number of hydrogen-bond donors (Lipinski definition) is 1. The van der Waals surface area contributed by atoms with Crippen LogP contribution in [0.4, 0.5) is 46.5 Å². The van der Waals surface area contributed by atoms with Gasteiger partial charge in [-0.3, -0.25) is 9.59 Å². The van der Waals surface area contributed by atoms with E-state index in [1.807, 2.05) is 0 Å². The van der Waals surface area contributed by atoms with Crippen LogP contribution in [-0.2, 0) is 21.9 Å². The summed E-state index contributed by atoms with van der Waals surface area (Å²) in [7, 11) is 0. The number of hydrogen-bond acceptors (Lipinski definition) is 3. The highest BCUT2D eigenvalue weighted by Gasteiger charge is 2.57. The first-order valence-electron chi connectivity index (χ1n) is 12.9. The van der Waals surface area contributed by atoms with E-state index in [4.69, 9.17) is 0 Å². The quantitative estimate of drug-likeness (QED) is 0.395. The van der Waals surface area contributed by atoms with Gasteiger partial charge in [0, 0.05) is 50.4 Å². The van der Waals surface area contributed by atoms with Crippen LogP contribution in [-0.4, -0.2) is 48.8 Å². The molecule has 4 rings (SSSR count). The van der Waals surface area contributed by atoms with Gasteiger partial charge in [-0.1, -0.05) is 25.1 Å². The first-order chi connectivity index (χ1) is 18.8. The molecule has 2 atom stereocenters. The van der Waals surface area contributed by atoms with Gasteiger partial charge in [0.1, 0.15) is 0 Å². The summed E-state index contributed by atoms with van der Waals surface area (Å²) in [5, 5.41) is 2.22. The van der Waals surface area contributed by atoms with E-state index in [9.17, 15) is 44.7 Å². The van der Waals surface area contributed by atoms with Gasteiger partial charge < -0.3 is 15.1 Å². The number of carbonyl (C=O) groups is 2. The molecule has 0 spiro atoms. The van der Waals surface area contributed by atoms with E-state index in [0.717, 1.165) is 0 Å². The van der Waals surface area contributed by atoms with Crippen LogP contribution >= 0.6 is 0 Å². The second kappa shape index (κ2) is 10.6. The number of halogens is 8. The number of para-hydroxylation sites is 1. The smallest absolute Gasteiger partial charge is 0.325 e. The van der Waals surface area contributed by atoms with Crippen LogP contribution in [0.5, 0.6) is 0 Å². The Labute approximate surface area is 231 Å². The standard InChI is InChI=1S/C28H29F8N3O2/c1-16-5-4-6-17(2)22(16)39-15-25(18(3)23(39)40,14-38-9-7-26(29,30)8-10-38)24(41)37-21-12-19(27(31,32)33)11-20(13-21)28(34,35)36/h4-6,11-13,18H,7-10,14-15H2,1-3H3,(H,37,41)/t18-,25-/m1/s1. The molecule has 2 heterocycles. The summed E-state index contributed by atoms with van der Waals surface area (Å²) in [6.45, 7) is 4.32. The molecule has 2 aliphatic rings. The predicted molar refractivity (Wildman–Crippen MR) is 136 cm³/mol. The largest absolute Gasteiger partial charge is 0.416 e. The van der Waals surface area contributed by atoms with E-state index in [2.05, 4.69) is 5.32 Å². The Hall–Kier alpha value is -3.22. The van der Waals surface area contributed by atoms with Crippen molar-refractivity contribution in [2.75, 3.05) is 36.4 Å². The van der Waals surface area contributed by atoms with Crippen LogP contribution in [0, 0.1) is 25.2 Å². The molecular formula is C28H29F8N3O2. The molecule has 0 aromatic heterocycles. The molecular weight excluding hydrogens is 562 g/mol. The normalized spacial score (nSPS) is 23.6. The number of amides is 2. The summed E-state index contributed by atoms with van der Waals surface area (Å²) in [5.41, 5.74) is -3.68. The molecule has 224 valence electrons. The highest BCUT2D eigenvalue weighted by atomic mass is 19.4. The Morgan fingerprint density at radius 1 is 0.951 bits per heavy atom. The minimum Gasteiger partial charge on any atom is -0.325 e. The first-order valence-corrected chi connectivity index (χ1v) is 12.9. The van der Waals surface area contributed by atoms with Crippen molar-refractivity contribution in [2.24, 2.45) is 11.3 Å². The third-order valence-corrected chi connectivity index (χ3v) is 8.01. The van der Waals surface area contributed by atoms with Gasteiger partial charge in [-0.2, -0.15) is 26.3 Å². The zero-order valence-corrected chi connectivity index (χ0v) is 22.5. The summed E-state index contributed by atoms with van der Waals surface area (Å²) in [5.74, 6) is -5.42. The molecule has 2 aromatic rings. The minimum absolute atomic E-state index is 0.0518. The third-order valence-electron chi connectivity index (χ3n) is 8.01. The maximum absolute atomic E-state index is 13.9. The monoisotopic (exact) mass is 591 g/mol. The van der Waals surface area contributed by atoms with Gasteiger partial charge in [0.15, 0.2) is 0 Å². The van der Waals surface area contributed by atoms with Crippen LogP contribution < -0.4 is 10.2 Å². The third kappa shape index (κ3) is 6.19. The van der Waals surface area contributed by atoms with Crippen LogP contribution in [0.25, 0.3) is 0 Å². The Balaban J connectivity index is 1.76. The molecule has 0 aliphatic carbocycles. The zero-order valence-electron chi connectivity index (χ0n) is 22.5. The van der Waals surface area contributed by atoms with E-state index in [-0.39, 0.29) is 32.2 Å². The number of aryl methyl sites for hydroxylation is 2. The maximum atomic E-state index is 13.9. The molecule has 2 amide bonds. The van der Waals surface area contributed by atoms with Gasteiger partial charge in [-0.25, -0.2) is 8.78 Å². The number of carbonyl (C=O) groups excluding carboxylic acids is 2.